The number of nitrogens with zero attached hydrogens (tertiary/aromatic N) is 1. The number of carbonyl (C=O) groups is 1. The average Bonchev–Trinajstić information content (AvgIpc) is 3.11. The molecule has 0 saturated carbocycles. The fourth-order valence-corrected chi connectivity index (χ4v) is 5.46. The van der Waals surface area contributed by atoms with Crippen molar-refractivity contribution < 1.29 is 13.2 Å². The molecule has 0 aliphatic carbocycles. The second kappa shape index (κ2) is 6.94. The lowest BCUT2D eigenvalue weighted by molar-refractivity contribution is 0.191. The van der Waals surface area contributed by atoms with Crippen LogP contribution in [0.1, 0.15) is 16.9 Å². The topological polar surface area (TPSA) is 66.5 Å². The molecule has 0 radical (unpaired) electrons. The van der Waals surface area contributed by atoms with Gasteiger partial charge in [0.25, 0.3) is 0 Å². The first-order chi connectivity index (χ1) is 11.4. The lowest BCUT2D eigenvalue weighted by atomic mass is 10.2. The lowest BCUT2D eigenvalue weighted by Gasteiger charge is -2.28. The Balaban J connectivity index is 1.81. The average molecular weight is 364 g/mol. The number of anilines is 1. The Labute approximate surface area is 146 Å². The number of thiophene rings is 1. The molecule has 1 N–H and O–H groups in total. The number of carbonyl (C=O) groups excluding carboxylic acids is 1. The van der Waals surface area contributed by atoms with Crippen molar-refractivity contribution in [2.75, 3.05) is 16.8 Å². The van der Waals surface area contributed by atoms with Gasteiger partial charge in [-0.1, -0.05) is 18.2 Å². The van der Waals surface area contributed by atoms with Gasteiger partial charge in [-0.3, -0.25) is 0 Å². The standard InChI is InChI=1S/C17H20N2O3S2/c1-13-7-9-23-16(13)11-19(15-8-10-24(21,22)12-15)17(20)18-14-5-3-2-4-6-14/h2-7,9,15H,8,10-12H2,1H3,(H,18,20). The maximum atomic E-state index is 12.8. The van der Waals surface area contributed by atoms with Gasteiger partial charge in [-0.25, -0.2) is 13.2 Å². The molecule has 1 fully saturated rings. The molecule has 3 rings (SSSR count). The highest BCUT2D eigenvalue weighted by Gasteiger charge is 2.35. The zero-order valence-electron chi connectivity index (χ0n) is 13.4. The van der Waals surface area contributed by atoms with Gasteiger partial charge in [0.15, 0.2) is 9.84 Å². The third-order valence-corrected chi connectivity index (χ3v) is 6.98. The molecular formula is C17H20N2O3S2. The van der Waals surface area contributed by atoms with Gasteiger partial charge in [-0.05, 0) is 42.5 Å². The monoisotopic (exact) mass is 364 g/mol. The first kappa shape index (κ1) is 17.0. The molecule has 128 valence electrons. The first-order valence-electron chi connectivity index (χ1n) is 7.81. The smallest absolute Gasteiger partial charge is 0.315 e. The Morgan fingerprint density at radius 1 is 1.29 bits per heavy atom. The van der Waals surface area contributed by atoms with Crippen LogP contribution >= 0.6 is 11.3 Å². The molecule has 1 aromatic carbocycles. The van der Waals surface area contributed by atoms with E-state index < -0.39 is 9.84 Å². The van der Waals surface area contributed by atoms with E-state index in [4.69, 9.17) is 0 Å². The molecule has 1 unspecified atom stereocenters. The summed E-state index contributed by atoms with van der Waals surface area (Å²) >= 11 is 1.59. The Morgan fingerprint density at radius 2 is 2.04 bits per heavy atom. The third kappa shape index (κ3) is 3.96. The molecule has 7 heteroatoms. The van der Waals surface area contributed by atoms with Crippen LogP contribution in [-0.2, 0) is 16.4 Å². The van der Waals surface area contributed by atoms with Gasteiger partial charge in [0, 0.05) is 16.6 Å². The number of rotatable bonds is 4. The lowest BCUT2D eigenvalue weighted by Crippen LogP contribution is -2.43. The summed E-state index contributed by atoms with van der Waals surface area (Å²) in [7, 11) is -3.05. The fourth-order valence-electron chi connectivity index (χ4n) is 2.83. The van der Waals surface area contributed by atoms with Crippen molar-refractivity contribution in [3.05, 3.63) is 52.2 Å². The molecule has 1 atom stereocenters. The highest BCUT2D eigenvalue weighted by molar-refractivity contribution is 7.91. The van der Waals surface area contributed by atoms with E-state index in [1.54, 1.807) is 16.2 Å². The number of hydrogen-bond acceptors (Lipinski definition) is 4. The number of aryl methyl sites for hydroxylation is 1. The molecule has 2 aromatic rings. The SMILES string of the molecule is Cc1ccsc1CN(C(=O)Nc1ccccc1)C1CCS(=O)(=O)C1. The summed E-state index contributed by atoms with van der Waals surface area (Å²) in [6, 6.07) is 10.7. The van der Waals surface area contributed by atoms with Crippen molar-refractivity contribution in [1.82, 2.24) is 4.90 Å². The second-order valence-electron chi connectivity index (χ2n) is 6.01. The minimum atomic E-state index is -3.05. The first-order valence-corrected chi connectivity index (χ1v) is 10.5. The van der Waals surface area contributed by atoms with E-state index in [2.05, 4.69) is 5.32 Å². The summed E-state index contributed by atoms with van der Waals surface area (Å²) in [5.41, 5.74) is 1.83. The van der Waals surface area contributed by atoms with Crippen molar-refractivity contribution in [1.29, 1.82) is 0 Å². The van der Waals surface area contributed by atoms with Gasteiger partial charge < -0.3 is 10.2 Å². The molecule has 2 amide bonds. The van der Waals surface area contributed by atoms with E-state index in [1.165, 1.54) is 0 Å². The quantitative estimate of drug-likeness (QED) is 0.905. The van der Waals surface area contributed by atoms with Gasteiger partial charge in [0.1, 0.15) is 0 Å². The summed E-state index contributed by atoms with van der Waals surface area (Å²) in [5.74, 6) is 0.190. The van der Waals surface area contributed by atoms with Crippen molar-refractivity contribution in [2.24, 2.45) is 0 Å². The number of urea groups is 1. The van der Waals surface area contributed by atoms with Crippen LogP contribution < -0.4 is 5.32 Å². The number of benzene rings is 1. The summed E-state index contributed by atoms with van der Waals surface area (Å²) in [4.78, 5) is 15.5. The molecule has 0 bridgehead atoms. The van der Waals surface area contributed by atoms with Gasteiger partial charge in [-0.15, -0.1) is 11.3 Å². The predicted octanol–water partition coefficient (Wildman–Crippen LogP) is 3.28. The molecule has 1 saturated heterocycles. The van der Waals surface area contributed by atoms with Crippen LogP contribution in [0.2, 0.25) is 0 Å². The maximum absolute atomic E-state index is 12.8. The normalized spacial score (nSPS) is 19.1. The molecule has 1 aliphatic heterocycles. The van der Waals surface area contributed by atoms with Crippen LogP contribution in [0.25, 0.3) is 0 Å². The van der Waals surface area contributed by atoms with E-state index >= 15 is 0 Å². The largest absolute Gasteiger partial charge is 0.322 e. The van der Waals surface area contributed by atoms with Crippen LogP contribution in [0.5, 0.6) is 0 Å². The number of amides is 2. The molecule has 5 nitrogen and oxygen atoms in total. The molecular weight excluding hydrogens is 344 g/mol. The Morgan fingerprint density at radius 3 is 2.62 bits per heavy atom. The van der Waals surface area contributed by atoms with E-state index in [1.807, 2.05) is 48.7 Å². The summed E-state index contributed by atoms with van der Waals surface area (Å²) in [6.07, 6.45) is 0.495. The molecule has 2 heterocycles. The van der Waals surface area contributed by atoms with Crippen molar-refractivity contribution in [3.8, 4) is 0 Å². The third-order valence-electron chi connectivity index (χ3n) is 4.22. The predicted molar refractivity (Wildman–Crippen MR) is 97.1 cm³/mol. The zero-order valence-corrected chi connectivity index (χ0v) is 15.1. The highest BCUT2D eigenvalue weighted by Crippen LogP contribution is 2.24. The highest BCUT2D eigenvalue weighted by atomic mass is 32.2. The number of nitrogens with one attached hydrogen (secondary N) is 1. The van der Waals surface area contributed by atoms with Crippen LogP contribution in [0.15, 0.2) is 41.8 Å². The van der Waals surface area contributed by atoms with Crippen molar-refractivity contribution in [2.45, 2.75) is 25.9 Å². The second-order valence-corrected chi connectivity index (χ2v) is 9.24. The Hall–Kier alpha value is -1.86. The fraction of sp³-hybridized carbons (Fsp3) is 0.353. The summed E-state index contributed by atoms with van der Waals surface area (Å²) in [6.45, 7) is 2.44. The van der Waals surface area contributed by atoms with E-state index in [-0.39, 0.29) is 23.6 Å². The van der Waals surface area contributed by atoms with Crippen molar-refractivity contribution >= 4 is 32.9 Å². The number of hydrogen-bond donors (Lipinski definition) is 1. The summed E-state index contributed by atoms with van der Waals surface area (Å²) in [5, 5.41) is 4.86. The zero-order chi connectivity index (χ0) is 17.2. The molecule has 1 aromatic heterocycles. The number of para-hydroxylation sites is 1. The van der Waals surface area contributed by atoms with Gasteiger partial charge in [0.05, 0.1) is 18.1 Å². The van der Waals surface area contributed by atoms with Crippen LogP contribution in [-0.4, -0.2) is 36.9 Å². The van der Waals surface area contributed by atoms with Gasteiger partial charge in [-0.2, -0.15) is 0 Å². The molecule has 24 heavy (non-hydrogen) atoms. The maximum Gasteiger partial charge on any atom is 0.322 e. The van der Waals surface area contributed by atoms with E-state index in [0.717, 1.165) is 10.4 Å². The van der Waals surface area contributed by atoms with Gasteiger partial charge >= 0.3 is 6.03 Å². The summed E-state index contributed by atoms with van der Waals surface area (Å²) < 4.78 is 23.7. The Kier molecular flexibility index (Phi) is 4.91. The Bertz CT molecular complexity index is 815. The van der Waals surface area contributed by atoms with E-state index in [9.17, 15) is 13.2 Å². The van der Waals surface area contributed by atoms with Crippen LogP contribution in [0, 0.1) is 6.92 Å². The van der Waals surface area contributed by atoms with Crippen LogP contribution in [0.3, 0.4) is 0 Å². The number of sulfone groups is 1. The van der Waals surface area contributed by atoms with E-state index in [0.29, 0.717) is 18.7 Å². The van der Waals surface area contributed by atoms with Crippen molar-refractivity contribution in [3.63, 3.8) is 0 Å². The molecule has 0 spiro atoms. The van der Waals surface area contributed by atoms with Gasteiger partial charge in [0.2, 0.25) is 0 Å². The molecule has 1 aliphatic rings. The van der Waals surface area contributed by atoms with Crippen LogP contribution in [0.4, 0.5) is 10.5 Å². The minimum absolute atomic E-state index is 0.0413. The minimum Gasteiger partial charge on any atom is -0.315 e.